The Morgan fingerprint density at radius 3 is 2.59 bits per heavy atom. The van der Waals surface area contributed by atoms with Gasteiger partial charge in [-0.2, -0.15) is 0 Å². The number of guanidine groups is 1. The minimum atomic E-state index is -0.0615. The second kappa shape index (κ2) is 8.57. The number of carbonyl (C=O) groups is 1. The van der Waals surface area contributed by atoms with E-state index in [0.29, 0.717) is 25.4 Å². The number of pyridine rings is 1. The molecule has 0 aliphatic carbocycles. The largest absolute Gasteiger partial charge is 0.459 e. The first-order valence-electron chi connectivity index (χ1n) is 8.99. The van der Waals surface area contributed by atoms with Crippen LogP contribution >= 0.6 is 0 Å². The molecule has 1 N–H and O–H groups in total. The standard InChI is InChI=1S/C19H26N6O2/c1-20-19(22-14-15-6-4-8-21-17(15)23(2)3)25-11-9-24(10-12-25)18(26)16-7-5-13-27-16/h4-8,13H,9-12,14H2,1-3H3,(H,20,22). The quantitative estimate of drug-likeness (QED) is 0.645. The Morgan fingerprint density at radius 2 is 1.96 bits per heavy atom. The summed E-state index contributed by atoms with van der Waals surface area (Å²) >= 11 is 0. The molecule has 1 saturated heterocycles. The van der Waals surface area contributed by atoms with Crippen molar-refractivity contribution in [1.29, 1.82) is 0 Å². The minimum Gasteiger partial charge on any atom is -0.459 e. The Kier molecular flexibility index (Phi) is 5.95. The van der Waals surface area contributed by atoms with Crippen LogP contribution in [0.25, 0.3) is 0 Å². The van der Waals surface area contributed by atoms with Crippen LogP contribution in [0.5, 0.6) is 0 Å². The number of amides is 1. The van der Waals surface area contributed by atoms with Crippen molar-refractivity contribution >= 4 is 17.7 Å². The second-order valence-electron chi connectivity index (χ2n) is 6.54. The number of rotatable bonds is 4. The van der Waals surface area contributed by atoms with Gasteiger partial charge in [-0.3, -0.25) is 9.79 Å². The molecule has 27 heavy (non-hydrogen) atoms. The van der Waals surface area contributed by atoms with Crippen molar-refractivity contribution in [3.63, 3.8) is 0 Å². The summed E-state index contributed by atoms with van der Waals surface area (Å²) in [6, 6.07) is 7.43. The first kappa shape index (κ1) is 18.8. The summed E-state index contributed by atoms with van der Waals surface area (Å²) in [5, 5.41) is 3.41. The molecular weight excluding hydrogens is 344 g/mol. The van der Waals surface area contributed by atoms with E-state index < -0.39 is 0 Å². The third-order valence-electron chi connectivity index (χ3n) is 4.54. The van der Waals surface area contributed by atoms with Gasteiger partial charge in [0.25, 0.3) is 5.91 Å². The average molecular weight is 370 g/mol. The molecule has 1 aliphatic rings. The molecule has 0 atom stereocenters. The highest BCUT2D eigenvalue weighted by Gasteiger charge is 2.25. The molecule has 8 nitrogen and oxygen atoms in total. The average Bonchev–Trinajstić information content (AvgIpc) is 3.23. The lowest BCUT2D eigenvalue weighted by Gasteiger charge is -2.36. The van der Waals surface area contributed by atoms with Crippen LogP contribution in [0.15, 0.2) is 46.1 Å². The van der Waals surface area contributed by atoms with E-state index in [1.165, 1.54) is 6.26 Å². The third kappa shape index (κ3) is 4.39. The molecule has 0 radical (unpaired) electrons. The molecule has 8 heteroatoms. The van der Waals surface area contributed by atoms with Crippen LogP contribution < -0.4 is 10.2 Å². The van der Waals surface area contributed by atoms with Crippen molar-refractivity contribution in [2.24, 2.45) is 4.99 Å². The number of carbonyl (C=O) groups excluding carboxylic acids is 1. The smallest absolute Gasteiger partial charge is 0.289 e. The van der Waals surface area contributed by atoms with E-state index >= 15 is 0 Å². The molecule has 0 bridgehead atoms. The van der Waals surface area contributed by atoms with E-state index in [-0.39, 0.29) is 5.91 Å². The van der Waals surface area contributed by atoms with Crippen molar-refractivity contribution in [1.82, 2.24) is 20.1 Å². The SMILES string of the molecule is CN=C(NCc1cccnc1N(C)C)N1CCN(C(=O)c2ccco2)CC1. The maximum atomic E-state index is 12.4. The predicted molar refractivity (Wildman–Crippen MR) is 105 cm³/mol. The molecule has 1 aliphatic heterocycles. The lowest BCUT2D eigenvalue weighted by molar-refractivity contribution is 0.0657. The predicted octanol–water partition coefficient (Wildman–Crippen LogP) is 1.27. The van der Waals surface area contributed by atoms with Crippen molar-refractivity contribution in [3.05, 3.63) is 48.0 Å². The van der Waals surface area contributed by atoms with Crippen molar-refractivity contribution < 1.29 is 9.21 Å². The second-order valence-corrected chi connectivity index (χ2v) is 6.54. The highest BCUT2D eigenvalue weighted by Crippen LogP contribution is 2.14. The van der Waals surface area contributed by atoms with Crippen molar-refractivity contribution in [2.75, 3.05) is 52.2 Å². The molecule has 3 heterocycles. The Morgan fingerprint density at radius 1 is 1.22 bits per heavy atom. The fraction of sp³-hybridized carbons (Fsp3) is 0.421. The van der Waals surface area contributed by atoms with Gasteiger partial charge in [0.05, 0.1) is 6.26 Å². The van der Waals surface area contributed by atoms with Gasteiger partial charge in [-0.1, -0.05) is 6.07 Å². The van der Waals surface area contributed by atoms with E-state index in [0.717, 1.165) is 30.4 Å². The van der Waals surface area contributed by atoms with Crippen LogP contribution in [0.2, 0.25) is 0 Å². The monoisotopic (exact) mass is 370 g/mol. The molecule has 3 rings (SSSR count). The molecule has 1 amide bonds. The number of hydrogen-bond acceptors (Lipinski definition) is 5. The molecule has 144 valence electrons. The van der Waals surface area contributed by atoms with Gasteiger partial charge in [0.1, 0.15) is 5.82 Å². The molecule has 2 aromatic heterocycles. The van der Waals surface area contributed by atoms with Crippen LogP contribution in [0, 0.1) is 0 Å². The first-order chi connectivity index (χ1) is 13.1. The molecular formula is C19H26N6O2. The Labute approximate surface area is 159 Å². The van der Waals surface area contributed by atoms with Crippen LogP contribution in [-0.2, 0) is 6.54 Å². The molecule has 0 unspecified atom stereocenters. The van der Waals surface area contributed by atoms with Gasteiger partial charge in [0.2, 0.25) is 0 Å². The molecule has 0 saturated carbocycles. The summed E-state index contributed by atoms with van der Waals surface area (Å²) in [5.41, 5.74) is 1.11. The fourth-order valence-electron chi connectivity index (χ4n) is 3.15. The summed E-state index contributed by atoms with van der Waals surface area (Å²) in [4.78, 5) is 27.2. The summed E-state index contributed by atoms with van der Waals surface area (Å²) in [6.45, 7) is 3.35. The van der Waals surface area contributed by atoms with Gasteiger partial charge in [0, 0.05) is 65.6 Å². The zero-order valence-corrected chi connectivity index (χ0v) is 16.1. The number of nitrogens with zero attached hydrogens (tertiary/aromatic N) is 5. The Hall–Kier alpha value is -3.03. The summed E-state index contributed by atoms with van der Waals surface area (Å²) < 4.78 is 5.21. The zero-order valence-electron chi connectivity index (χ0n) is 16.1. The maximum Gasteiger partial charge on any atom is 0.289 e. The van der Waals surface area contributed by atoms with Crippen LogP contribution in [0.4, 0.5) is 5.82 Å². The highest BCUT2D eigenvalue weighted by atomic mass is 16.3. The number of piperazine rings is 1. The fourth-order valence-corrected chi connectivity index (χ4v) is 3.15. The van der Waals surface area contributed by atoms with Crippen LogP contribution in [0.1, 0.15) is 16.1 Å². The van der Waals surface area contributed by atoms with E-state index in [4.69, 9.17) is 4.42 Å². The van der Waals surface area contributed by atoms with Crippen LogP contribution in [-0.4, -0.2) is 74.0 Å². The number of aromatic nitrogens is 1. The number of anilines is 1. The van der Waals surface area contributed by atoms with Crippen molar-refractivity contribution in [3.8, 4) is 0 Å². The zero-order chi connectivity index (χ0) is 19.2. The topological polar surface area (TPSA) is 77.2 Å². The number of furan rings is 1. The van der Waals surface area contributed by atoms with Gasteiger partial charge >= 0.3 is 0 Å². The lowest BCUT2D eigenvalue weighted by Crippen LogP contribution is -2.53. The molecule has 2 aromatic rings. The van der Waals surface area contributed by atoms with Gasteiger partial charge < -0.3 is 24.4 Å². The molecule has 0 aromatic carbocycles. The van der Waals surface area contributed by atoms with Crippen LogP contribution in [0.3, 0.4) is 0 Å². The van der Waals surface area contributed by atoms with Crippen molar-refractivity contribution in [2.45, 2.75) is 6.54 Å². The minimum absolute atomic E-state index is 0.0615. The summed E-state index contributed by atoms with van der Waals surface area (Å²) in [5.74, 6) is 2.09. The number of hydrogen-bond donors (Lipinski definition) is 1. The van der Waals surface area contributed by atoms with Gasteiger partial charge in [0.15, 0.2) is 11.7 Å². The molecule has 0 spiro atoms. The highest BCUT2D eigenvalue weighted by molar-refractivity contribution is 5.91. The van der Waals surface area contributed by atoms with Gasteiger partial charge in [-0.05, 0) is 18.2 Å². The molecule has 1 fully saturated rings. The number of nitrogens with one attached hydrogen (secondary N) is 1. The van der Waals surface area contributed by atoms with Gasteiger partial charge in [-0.15, -0.1) is 0 Å². The summed E-state index contributed by atoms with van der Waals surface area (Å²) in [7, 11) is 5.74. The Bertz CT molecular complexity index is 779. The summed E-state index contributed by atoms with van der Waals surface area (Å²) in [6.07, 6.45) is 3.32. The maximum absolute atomic E-state index is 12.4. The van der Waals surface area contributed by atoms with E-state index in [9.17, 15) is 4.79 Å². The normalized spacial score (nSPS) is 15.0. The van der Waals surface area contributed by atoms with E-state index in [1.54, 1.807) is 25.4 Å². The van der Waals surface area contributed by atoms with Gasteiger partial charge in [-0.25, -0.2) is 4.98 Å². The Balaban J connectivity index is 1.56. The van der Waals surface area contributed by atoms with E-state index in [1.807, 2.05) is 30.0 Å². The van der Waals surface area contributed by atoms with E-state index in [2.05, 4.69) is 26.3 Å². The lowest BCUT2D eigenvalue weighted by atomic mass is 10.2. The first-order valence-corrected chi connectivity index (χ1v) is 8.99. The number of aliphatic imine (C=N–C) groups is 1. The third-order valence-corrected chi connectivity index (χ3v) is 4.54.